The molecule has 0 unspecified atom stereocenters. The van der Waals surface area contributed by atoms with E-state index in [0.717, 1.165) is 5.69 Å². The van der Waals surface area contributed by atoms with E-state index in [4.69, 9.17) is 0 Å². The Hall–Kier alpha value is -1.31. The number of rotatable bonds is 2. The number of hydrogen-bond acceptors (Lipinski definition) is 1. The molecule has 1 aromatic carbocycles. The van der Waals surface area contributed by atoms with Crippen LogP contribution in [-0.4, -0.2) is 12.5 Å². The fourth-order valence-electron chi connectivity index (χ4n) is 1.15. The molecule has 1 radical (unpaired) electrons. The number of hydrogen-bond donors (Lipinski definition) is 0. The third-order valence-corrected chi connectivity index (χ3v) is 1.71. The molecule has 0 N–H and O–H groups in total. The van der Waals surface area contributed by atoms with Crippen molar-refractivity contribution in [3.8, 4) is 0 Å². The van der Waals surface area contributed by atoms with Gasteiger partial charge in [0.15, 0.2) is 0 Å². The van der Waals surface area contributed by atoms with Crippen molar-refractivity contribution in [3.63, 3.8) is 0 Å². The van der Waals surface area contributed by atoms with Crippen molar-refractivity contribution in [3.05, 3.63) is 30.3 Å². The second kappa shape index (κ2) is 3.90. The first-order valence-electron chi connectivity index (χ1n) is 4.00. The number of carbonyl (C=O) groups excluding carboxylic acids is 1. The Balaban J connectivity index is 2.88. The maximum Gasteiger partial charge on any atom is 0.223 e. The molecule has 0 spiro atoms. The van der Waals surface area contributed by atoms with Gasteiger partial charge in [-0.2, -0.15) is 0 Å². The van der Waals surface area contributed by atoms with Crippen molar-refractivity contribution in [2.24, 2.45) is 0 Å². The molecule has 0 heterocycles. The average molecular weight is 162 g/mol. The summed E-state index contributed by atoms with van der Waals surface area (Å²) >= 11 is 0. The highest BCUT2D eigenvalue weighted by Gasteiger charge is 2.06. The fraction of sp³-hybridized carbons (Fsp3) is 0.300. The quantitative estimate of drug-likeness (QED) is 0.650. The first kappa shape index (κ1) is 8.78. The van der Waals surface area contributed by atoms with Crippen LogP contribution in [-0.2, 0) is 4.79 Å². The van der Waals surface area contributed by atoms with Crippen LogP contribution in [0.25, 0.3) is 0 Å². The summed E-state index contributed by atoms with van der Waals surface area (Å²) in [5.74, 6) is 0.0729. The topological polar surface area (TPSA) is 20.3 Å². The highest BCUT2D eigenvalue weighted by molar-refractivity contribution is 5.91. The van der Waals surface area contributed by atoms with Gasteiger partial charge in [-0.3, -0.25) is 4.79 Å². The van der Waals surface area contributed by atoms with Crippen LogP contribution in [0.3, 0.4) is 0 Å². The van der Waals surface area contributed by atoms with Crippen molar-refractivity contribution in [1.82, 2.24) is 0 Å². The van der Waals surface area contributed by atoms with Gasteiger partial charge in [-0.1, -0.05) is 12.1 Å². The molecular formula is C10H12NO. The Morgan fingerprint density at radius 1 is 1.50 bits per heavy atom. The summed E-state index contributed by atoms with van der Waals surface area (Å²) in [7, 11) is 0. The minimum atomic E-state index is 0.0729. The highest BCUT2D eigenvalue weighted by Crippen LogP contribution is 2.11. The lowest BCUT2D eigenvalue weighted by molar-refractivity contribution is -0.116. The van der Waals surface area contributed by atoms with E-state index < -0.39 is 0 Å². The van der Waals surface area contributed by atoms with E-state index in [-0.39, 0.29) is 5.91 Å². The second-order valence-corrected chi connectivity index (χ2v) is 2.52. The summed E-state index contributed by atoms with van der Waals surface area (Å²) in [4.78, 5) is 12.8. The molecule has 1 rings (SSSR count). The van der Waals surface area contributed by atoms with E-state index in [2.05, 4.69) is 6.07 Å². The van der Waals surface area contributed by atoms with Crippen molar-refractivity contribution in [2.45, 2.75) is 13.8 Å². The molecule has 0 bridgehead atoms. The summed E-state index contributed by atoms with van der Waals surface area (Å²) < 4.78 is 0. The molecule has 0 saturated carbocycles. The molecule has 2 nitrogen and oxygen atoms in total. The van der Waals surface area contributed by atoms with Gasteiger partial charge in [0.05, 0.1) is 0 Å². The van der Waals surface area contributed by atoms with Crippen LogP contribution in [0.1, 0.15) is 13.8 Å². The molecule has 0 atom stereocenters. The van der Waals surface area contributed by atoms with Gasteiger partial charge >= 0.3 is 0 Å². The molecule has 0 fully saturated rings. The van der Waals surface area contributed by atoms with Crippen LogP contribution in [0.15, 0.2) is 24.3 Å². The van der Waals surface area contributed by atoms with E-state index >= 15 is 0 Å². The Labute approximate surface area is 72.8 Å². The lowest BCUT2D eigenvalue weighted by Crippen LogP contribution is -2.27. The third-order valence-electron chi connectivity index (χ3n) is 1.71. The first-order chi connectivity index (χ1) is 5.75. The zero-order valence-electron chi connectivity index (χ0n) is 7.37. The largest absolute Gasteiger partial charge is 0.313 e. The van der Waals surface area contributed by atoms with Gasteiger partial charge in [0, 0.05) is 19.2 Å². The second-order valence-electron chi connectivity index (χ2n) is 2.52. The minimum Gasteiger partial charge on any atom is -0.313 e. The first-order valence-corrected chi connectivity index (χ1v) is 4.00. The molecule has 0 aromatic heterocycles. The van der Waals surface area contributed by atoms with Crippen LogP contribution in [0, 0.1) is 6.07 Å². The molecule has 0 saturated heterocycles. The number of anilines is 1. The smallest absolute Gasteiger partial charge is 0.223 e. The number of benzene rings is 1. The highest BCUT2D eigenvalue weighted by atomic mass is 16.2. The molecule has 2 heteroatoms. The molecule has 0 aliphatic carbocycles. The van der Waals surface area contributed by atoms with Crippen LogP contribution in [0.2, 0.25) is 0 Å². The Morgan fingerprint density at radius 2 is 2.08 bits per heavy atom. The molecule has 12 heavy (non-hydrogen) atoms. The van der Waals surface area contributed by atoms with Gasteiger partial charge < -0.3 is 4.90 Å². The number of carbonyl (C=O) groups is 1. The lowest BCUT2D eigenvalue weighted by atomic mass is 10.3. The SMILES string of the molecule is CCN(C(C)=O)c1cc[c]cc1. The van der Waals surface area contributed by atoms with Gasteiger partial charge in [-0.15, -0.1) is 0 Å². The van der Waals surface area contributed by atoms with Crippen LogP contribution < -0.4 is 4.90 Å². The molecule has 0 aliphatic heterocycles. The maximum atomic E-state index is 11.1. The van der Waals surface area contributed by atoms with Gasteiger partial charge in [-0.25, -0.2) is 0 Å². The van der Waals surface area contributed by atoms with E-state index in [9.17, 15) is 4.79 Å². The van der Waals surface area contributed by atoms with E-state index in [1.54, 1.807) is 24.0 Å². The lowest BCUT2D eigenvalue weighted by Gasteiger charge is -2.18. The summed E-state index contributed by atoms with van der Waals surface area (Å²) in [6.45, 7) is 4.23. The molecular weight excluding hydrogens is 150 g/mol. The zero-order valence-corrected chi connectivity index (χ0v) is 7.37. The van der Waals surface area contributed by atoms with Crippen LogP contribution in [0.4, 0.5) is 5.69 Å². The zero-order chi connectivity index (χ0) is 8.97. The van der Waals surface area contributed by atoms with Crippen molar-refractivity contribution >= 4 is 11.6 Å². The van der Waals surface area contributed by atoms with Crippen LogP contribution in [0.5, 0.6) is 0 Å². The molecule has 63 valence electrons. The third kappa shape index (κ3) is 1.84. The minimum absolute atomic E-state index is 0.0729. The normalized spacial score (nSPS) is 9.50. The predicted molar refractivity (Wildman–Crippen MR) is 49.0 cm³/mol. The molecule has 1 amide bonds. The van der Waals surface area contributed by atoms with E-state index in [1.165, 1.54) is 0 Å². The summed E-state index contributed by atoms with van der Waals surface area (Å²) in [5.41, 5.74) is 0.934. The van der Waals surface area contributed by atoms with Gasteiger partial charge in [0.25, 0.3) is 0 Å². The van der Waals surface area contributed by atoms with Crippen LogP contribution >= 0.6 is 0 Å². The van der Waals surface area contributed by atoms with Gasteiger partial charge in [0.1, 0.15) is 0 Å². The number of amides is 1. The Bertz CT molecular complexity index is 256. The summed E-state index contributed by atoms with van der Waals surface area (Å²) in [6.07, 6.45) is 0. The van der Waals surface area contributed by atoms with Crippen molar-refractivity contribution in [1.29, 1.82) is 0 Å². The van der Waals surface area contributed by atoms with E-state index in [1.807, 2.05) is 19.1 Å². The number of nitrogens with zero attached hydrogens (tertiary/aromatic N) is 1. The average Bonchev–Trinajstić information content (AvgIpc) is 2.07. The van der Waals surface area contributed by atoms with Crippen molar-refractivity contribution < 1.29 is 4.79 Å². The van der Waals surface area contributed by atoms with E-state index in [0.29, 0.717) is 6.54 Å². The fourth-order valence-corrected chi connectivity index (χ4v) is 1.15. The Morgan fingerprint density at radius 3 is 2.50 bits per heavy atom. The van der Waals surface area contributed by atoms with Crippen molar-refractivity contribution in [2.75, 3.05) is 11.4 Å². The Kier molecular flexibility index (Phi) is 2.86. The summed E-state index contributed by atoms with van der Waals surface area (Å²) in [6, 6.07) is 10.3. The predicted octanol–water partition coefficient (Wildman–Crippen LogP) is 1.86. The maximum absolute atomic E-state index is 11.1. The molecule has 1 aromatic rings. The molecule has 0 aliphatic rings. The van der Waals surface area contributed by atoms with Gasteiger partial charge in [-0.05, 0) is 25.1 Å². The summed E-state index contributed by atoms with van der Waals surface area (Å²) in [5, 5.41) is 0. The van der Waals surface area contributed by atoms with Gasteiger partial charge in [0.2, 0.25) is 5.91 Å². The monoisotopic (exact) mass is 162 g/mol. The standard InChI is InChI=1S/C10H12NO/c1-3-11(9(2)12)10-7-5-4-6-8-10/h5-8H,3H2,1-2H3.